The Balaban J connectivity index is 0.000000284. The van der Waals surface area contributed by atoms with E-state index in [-0.39, 0.29) is 105 Å². The molecule has 20 nitrogen and oxygen atoms in total. The van der Waals surface area contributed by atoms with Gasteiger partial charge in [-0.1, -0.05) is 38.6 Å². The van der Waals surface area contributed by atoms with E-state index in [2.05, 4.69) is 0 Å². The van der Waals surface area contributed by atoms with Crippen molar-refractivity contribution in [1.82, 2.24) is 0 Å². The van der Waals surface area contributed by atoms with Crippen LogP contribution in [0, 0.1) is 0 Å². The Kier molecular flexibility index (Phi) is 20.8. The van der Waals surface area contributed by atoms with E-state index in [1.165, 1.54) is 54.8 Å². The predicted octanol–water partition coefficient (Wildman–Crippen LogP) is 7.30. The Morgan fingerprint density at radius 3 is 1.33 bits per heavy atom. The van der Waals surface area contributed by atoms with E-state index in [0.717, 1.165) is 12.1 Å². The minimum absolute atomic E-state index is 0. The summed E-state index contributed by atoms with van der Waals surface area (Å²) >= 11 is 0. The molecule has 73 heavy (non-hydrogen) atoms. The largest absolute Gasteiger partial charge is 0.489 e. The normalized spacial score (nSPS) is 11.1. The standard InChI is InChI=1S/C26H23FO8.C22H15FO8.2CO2.CH4/c1-3-16-11-17(28)24-19(7-5-9-21(24)34-16)32-13-15(27)14-33-20-8-6-10-22-25(20)18(29)12-23(35-22)26(30)31-4-2;23-12(10-29-16-4-1-3-15-20(16)13(24)7-8-28-15)11-30-17-5-2-6-18-21(17)14(25)9-19(31-18)22(26)27;2*2-1-3;/h5-12,15H,3-4,13-14H2,1-2H3;1-9,12H,10-11H2,(H,26,27);;;1H4. The van der Waals surface area contributed by atoms with Crippen LogP contribution in [0.15, 0.2) is 140 Å². The van der Waals surface area contributed by atoms with E-state index in [1.807, 2.05) is 6.92 Å². The second-order valence-corrected chi connectivity index (χ2v) is 14.3. The maximum atomic E-state index is 14.6. The van der Waals surface area contributed by atoms with Gasteiger partial charge in [-0.3, -0.25) is 19.2 Å². The average Bonchev–Trinajstić information content (AvgIpc) is 3.36. The van der Waals surface area contributed by atoms with Crippen molar-refractivity contribution in [3.8, 4) is 23.0 Å². The lowest BCUT2D eigenvalue weighted by Gasteiger charge is -2.14. The molecule has 0 saturated heterocycles. The average molecular weight is 1010 g/mol. The molecule has 380 valence electrons. The maximum absolute atomic E-state index is 14.6. The molecule has 4 heterocycles. The number of alkyl halides is 2. The first-order chi connectivity index (χ1) is 34.7. The van der Waals surface area contributed by atoms with Crippen LogP contribution in [-0.4, -0.2) is 74.7 Å². The number of carboxylic acids is 1. The van der Waals surface area contributed by atoms with Crippen LogP contribution in [-0.2, 0) is 30.3 Å². The highest BCUT2D eigenvalue weighted by atomic mass is 19.1. The monoisotopic (exact) mass is 1010 g/mol. The van der Waals surface area contributed by atoms with Crippen LogP contribution in [0.2, 0.25) is 0 Å². The summed E-state index contributed by atoms with van der Waals surface area (Å²) in [6, 6.07) is 23.0. The van der Waals surface area contributed by atoms with Crippen LogP contribution in [0.5, 0.6) is 23.0 Å². The fourth-order valence-electron chi connectivity index (χ4n) is 6.57. The first-order valence-corrected chi connectivity index (χ1v) is 21.1. The molecule has 4 aromatic carbocycles. The number of carboxylic acid groups (broad SMARTS) is 1. The second kappa shape index (κ2) is 27.0. The summed E-state index contributed by atoms with van der Waals surface area (Å²) in [6.45, 7) is 1.98. The molecule has 0 bridgehead atoms. The van der Waals surface area contributed by atoms with Crippen molar-refractivity contribution >= 4 is 68.1 Å². The second-order valence-electron chi connectivity index (χ2n) is 14.3. The summed E-state index contributed by atoms with van der Waals surface area (Å²) in [7, 11) is 0. The quantitative estimate of drug-likeness (QED) is 0.0929. The number of carbonyl (C=O) groups is 2. The topological polar surface area (TPSA) is 290 Å². The van der Waals surface area contributed by atoms with Crippen LogP contribution >= 0.6 is 0 Å². The third-order valence-electron chi connectivity index (χ3n) is 9.56. The number of ether oxygens (including phenoxy) is 5. The van der Waals surface area contributed by atoms with Gasteiger partial charge in [0.25, 0.3) is 0 Å². The summed E-state index contributed by atoms with van der Waals surface area (Å²) in [5, 5.41) is 9.53. The number of aryl methyl sites for hydroxylation is 1. The zero-order valence-corrected chi connectivity index (χ0v) is 37.7. The van der Waals surface area contributed by atoms with Crippen molar-refractivity contribution in [2.24, 2.45) is 0 Å². The fraction of sp³-hybridized carbons (Fsp3) is 0.216. The summed E-state index contributed by atoms with van der Waals surface area (Å²) < 4.78 is 77.4. The molecule has 8 rings (SSSR count). The molecule has 0 aliphatic heterocycles. The predicted molar refractivity (Wildman–Crippen MR) is 251 cm³/mol. The van der Waals surface area contributed by atoms with Crippen LogP contribution < -0.4 is 40.7 Å². The molecular weight excluding hydrogens is 971 g/mol. The Bertz CT molecular complexity index is 3510. The highest BCUT2D eigenvalue weighted by molar-refractivity contribution is 5.91. The molecule has 1 N–H and O–H groups in total. The van der Waals surface area contributed by atoms with Crippen molar-refractivity contribution in [1.29, 1.82) is 0 Å². The number of halogens is 2. The number of esters is 1. The van der Waals surface area contributed by atoms with Gasteiger partial charge < -0.3 is 46.5 Å². The van der Waals surface area contributed by atoms with Crippen molar-refractivity contribution < 1.29 is 84.0 Å². The summed E-state index contributed by atoms with van der Waals surface area (Å²) in [5.74, 6) is -1.79. The van der Waals surface area contributed by atoms with Gasteiger partial charge in [-0.05, 0) is 55.5 Å². The molecule has 0 spiro atoms. The molecule has 0 radical (unpaired) electrons. The number of benzene rings is 4. The first kappa shape index (κ1) is 56.1. The third kappa shape index (κ3) is 14.5. The molecule has 0 aliphatic rings. The Labute approximate surface area is 408 Å². The zero-order chi connectivity index (χ0) is 52.3. The lowest BCUT2D eigenvalue weighted by molar-refractivity contribution is -0.193. The fourth-order valence-corrected chi connectivity index (χ4v) is 6.57. The minimum atomic E-state index is -1.59. The van der Waals surface area contributed by atoms with Gasteiger partial charge in [-0.25, -0.2) is 18.4 Å². The highest BCUT2D eigenvalue weighted by Gasteiger charge is 2.20. The Hall–Kier alpha value is -9.52. The Morgan fingerprint density at radius 2 is 0.918 bits per heavy atom. The van der Waals surface area contributed by atoms with Gasteiger partial charge in [0, 0.05) is 30.7 Å². The van der Waals surface area contributed by atoms with Crippen molar-refractivity contribution in [2.45, 2.75) is 40.0 Å². The van der Waals surface area contributed by atoms with Gasteiger partial charge in [-0.15, -0.1) is 0 Å². The summed E-state index contributed by atoms with van der Waals surface area (Å²) in [6.07, 6.45) is -0.836. The molecule has 0 fully saturated rings. The molecule has 0 amide bonds. The van der Waals surface area contributed by atoms with E-state index < -0.39 is 60.7 Å². The first-order valence-electron chi connectivity index (χ1n) is 21.1. The summed E-state index contributed by atoms with van der Waals surface area (Å²) in [4.78, 5) is 105. The zero-order valence-electron chi connectivity index (χ0n) is 37.7. The van der Waals surface area contributed by atoms with Crippen molar-refractivity contribution in [3.63, 3.8) is 0 Å². The van der Waals surface area contributed by atoms with E-state index in [4.69, 9.17) is 65.6 Å². The molecular formula is C51H42F2O20. The molecule has 2 atom stereocenters. The number of fused-ring (bicyclic) bond motifs is 4. The SMILES string of the molecule is C.CCOC(=O)c1cc(=O)c2c(OCC(F)COc3cccc4oc(CC)cc(=O)c34)cccc2o1.O=C(O)c1cc(=O)c2c(OCC(F)COc3cccc4occc(=O)c34)cccc2o1.O=C=O.O=C=O. The van der Waals surface area contributed by atoms with E-state index >= 15 is 0 Å². The molecule has 22 heteroatoms. The van der Waals surface area contributed by atoms with Gasteiger partial charge in [0.1, 0.15) is 99.1 Å². The number of aromatic carboxylic acids is 1. The van der Waals surface area contributed by atoms with Gasteiger partial charge in [-0.2, -0.15) is 19.2 Å². The van der Waals surface area contributed by atoms with Crippen LogP contribution in [0.1, 0.15) is 48.1 Å². The van der Waals surface area contributed by atoms with E-state index in [0.29, 0.717) is 23.3 Å². The molecule has 2 unspecified atom stereocenters. The number of rotatable bonds is 16. The lowest BCUT2D eigenvalue weighted by atomic mass is 10.2. The van der Waals surface area contributed by atoms with Gasteiger partial charge in [0.05, 0.1) is 12.9 Å². The smallest absolute Gasteiger partial charge is 0.374 e. The molecule has 4 aromatic heterocycles. The van der Waals surface area contributed by atoms with Gasteiger partial charge >= 0.3 is 24.2 Å². The third-order valence-corrected chi connectivity index (χ3v) is 9.56. The van der Waals surface area contributed by atoms with E-state index in [9.17, 15) is 37.5 Å². The maximum Gasteiger partial charge on any atom is 0.374 e. The lowest BCUT2D eigenvalue weighted by Crippen LogP contribution is -2.22. The minimum Gasteiger partial charge on any atom is -0.489 e. The summed E-state index contributed by atoms with van der Waals surface area (Å²) in [5.41, 5.74) is -0.922. The number of hydrogen-bond donors (Lipinski definition) is 1. The van der Waals surface area contributed by atoms with Gasteiger partial charge in [0.15, 0.2) is 34.1 Å². The Morgan fingerprint density at radius 1 is 0.548 bits per heavy atom. The van der Waals surface area contributed by atoms with Crippen molar-refractivity contribution in [2.75, 3.05) is 33.0 Å². The number of carbonyl (C=O) groups excluding carboxylic acids is 5. The number of hydrogen-bond acceptors (Lipinski definition) is 19. The van der Waals surface area contributed by atoms with Gasteiger partial charge in [0.2, 0.25) is 11.5 Å². The molecule has 8 aromatic rings. The van der Waals surface area contributed by atoms with Crippen LogP contribution in [0.4, 0.5) is 8.78 Å². The molecule has 0 aliphatic carbocycles. The van der Waals surface area contributed by atoms with Crippen LogP contribution in [0.3, 0.4) is 0 Å². The highest BCUT2D eigenvalue weighted by Crippen LogP contribution is 2.28. The van der Waals surface area contributed by atoms with E-state index in [1.54, 1.807) is 43.3 Å². The van der Waals surface area contributed by atoms with Crippen molar-refractivity contribution in [3.05, 3.63) is 161 Å². The van der Waals surface area contributed by atoms with Crippen LogP contribution in [0.25, 0.3) is 43.9 Å². The molecule has 0 saturated carbocycles.